The summed E-state index contributed by atoms with van der Waals surface area (Å²) in [6.07, 6.45) is 7.11. The SMILES string of the molecule is C/C=C/c1ccc(OCC(=O)OCC(=O)Nc2ccc3c(c2)CCC3)c(OC)c1. The quantitative estimate of drug-likeness (QED) is 0.689. The van der Waals surface area contributed by atoms with Crippen molar-refractivity contribution in [2.24, 2.45) is 0 Å². The van der Waals surface area contributed by atoms with Crippen LogP contribution in [-0.2, 0) is 27.2 Å². The van der Waals surface area contributed by atoms with Crippen LogP contribution in [0.2, 0.25) is 0 Å². The van der Waals surface area contributed by atoms with Gasteiger partial charge in [-0.25, -0.2) is 4.79 Å². The van der Waals surface area contributed by atoms with Crippen LogP contribution < -0.4 is 14.8 Å². The number of amides is 1. The average Bonchev–Trinajstić information content (AvgIpc) is 3.19. The van der Waals surface area contributed by atoms with E-state index in [1.807, 2.05) is 49.4 Å². The lowest BCUT2D eigenvalue weighted by atomic mass is 10.1. The Hall–Kier alpha value is -3.28. The van der Waals surface area contributed by atoms with Crippen molar-refractivity contribution in [1.29, 1.82) is 0 Å². The monoisotopic (exact) mass is 395 g/mol. The molecule has 0 unspecified atom stereocenters. The third-order valence-corrected chi connectivity index (χ3v) is 4.64. The maximum Gasteiger partial charge on any atom is 0.344 e. The smallest absolute Gasteiger partial charge is 0.344 e. The summed E-state index contributed by atoms with van der Waals surface area (Å²) in [5.41, 5.74) is 4.28. The molecular formula is C23H25NO5. The van der Waals surface area contributed by atoms with E-state index in [1.54, 1.807) is 6.07 Å². The van der Waals surface area contributed by atoms with Crippen LogP contribution in [0.25, 0.3) is 6.08 Å². The third-order valence-electron chi connectivity index (χ3n) is 4.64. The Balaban J connectivity index is 1.45. The van der Waals surface area contributed by atoms with Crippen LogP contribution in [0.15, 0.2) is 42.5 Å². The van der Waals surface area contributed by atoms with Crippen molar-refractivity contribution in [1.82, 2.24) is 0 Å². The molecule has 1 aliphatic rings. The number of methoxy groups -OCH3 is 1. The average molecular weight is 395 g/mol. The molecule has 0 saturated heterocycles. The highest BCUT2D eigenvalue weighted by atomic mass is 16.6. The minimum Gasteiger partial charge on any atom is -0.493 e. The van der Waals surface area contributed by atoms with Gasteiger partial charge in [0.15, 0.2) is 24.7 Å². The van der Waals surface area contributed by atoms with Crippen LogP contribution in [-0.4, -0.2) is 32.2 Å². The fourth-order valence-corrected chi connectivity index (χ4v) is 3.27. The predicted octanol–water partition coefficient (Wildman–Crippen LogP) is 3.78. The van der Waals surface area contributed by atoms with Gasteiger partial charge in [-0.3, -0.25) is 4.79 Å². The lowest BCUT2D eigenvalue weighted by Gasteiger charge is -2.11. The van der Waals surface area contributed by atoms with Gasteiger partial charge < -0.3 is 19.5 Å². The molecule has 2 aromatic rings. The highest BCUT2D eigenvalue weighted by Crippen LogP contribution is 2.28. The van der Waals surface area contributed by atoms with Crippen LogP contribution in [0.5, 0.6) is 11.5 Å². The number of esters is 1. The van der Waals surface area contributed by atoms with Crippen LogP contribution in [0.1, 0.15) is 30.0 Å². The van der Waals surface area contributed by atoms with Crippen molar-refractivity contribution in [3.63, 3.8) is 0 Å². The van der Waals surface area contributed by atoms with E-state index >= 15 is 0 Å². The lowest BCUT2D eigenvalue weighted by Crippen LogP contribution is -2.23. The predicted molar refractivity (Wildman–Crippen MR) is 111 cm³/mol. The Labute approximate surface area is 170 Å². The molecule has 0 bridgehead atoms. The zero-order valence-corrected chi connectivity index (χ0v) is 16.7. The largest absolute Gasteiger partial charge is 0.493 e. The second-order valence-corrected chi connectivity index (χ2v) is 6.74. The number of nitrogens with one attached hydrogen (secondary N) is 1. The highest BCUT2D eigenvalue weighted by Gasteiger charge is 2.14. The fraction of sp³-hybridized carbons (Fsp3) is 0.304. The molecule has 1 aliphatic carbocycles. The fourth-order valence-electron chi connectivity index (χ4n) is 3.27. The Morgan fingerprint density at radius 3 is 2.66 bits per heavy atom. The summed E-state index contributed by atoms with van der Waals surface area (Å²) in [6, 6.07) is 11.3. The molecule has 6 heteroatoms. The van der Waals surface area contributed by atoms with E-state index < -0.39 is 5.97 Å². The van der Waals surface area contributed by atoms with Gasteiger partial charge in [-0.15, -0.1) is 0 Å². The molecule has 1 amide bonds. The van der Waals surface area contributed by atoms with Crippen molar-refractivity contribution in [2.75, 3.05) is 25.6 Å². The molecule has 0 fully saturated rings. The van der Waals surface area contributed by atoms with Gasteiger partial charge in [0.2, 0.25) is 0 Å². The topological polar surface area (TPSA) is 73.9 Å². The Morgan fingerprint density at radius 1 is 1.03 bits per heavy atom. The van der Waals surface area contributed by atoms with Crippen molar-refractivity contribution in [2.45, 2.75) is 26.2 Å². The van der Waals surface area contributed by atoms with Crippen LogP contribution in [0.3, 0.4) is 0 Å². The second-order valence-electron chi connectivity index (χ2n) is 6.74. The number of carbonyl (C=O) groups is 2. The standard InChI is InChI=1S/C23H25NO5/c1-3-5-16-8-11-20(21(12-16)27-2)28-15-23(26)29-14-22(25)24-19-10-9-17-6-4-7-18(17)13-19/h3,5,8-13H,4,6-7,14-15H2,1-2H3,(H,24,25)/b5-3+. The molecular weight excluding hydrogens is 370 g/mol. The lowest BCUT2D eigenvalue weighted by molar-refractivity contribution is -0.149. The normalized spacial score (nSPS) is 12.5. The van der Waals surface area contributed by atoms with E-state index in [2.05, 4.69) is 5.32 Å². The first-order valence-electron chi connectivity index (χ1n) is 9.60. The van der Waals surface area contributed by atoms with E-state index in [9.17, 15) is 9.59 Å². The van der Waals surface area contributed by atoms with Crippen molar-refractivity contribution in [3.8, 4) is 11.5 Å². The van der Waals surface area contributed by atoms with Crippen molar-refractivity contribution in [3.05, 3.63) is 59.2 Å². The molecule has 0 heterocycles. The minimum absolute atomic E-state index is 0.314. The van der Waals surface area contributed by atoms with Gasteiger partial charge in [0.25, 0.3) is 5.91 Å². The molecule has 3 rings (SSSR count). The number of hydrogen-bond acceptors (Lipinski definition) is 5. The maximum atomic E-state index is 12.0. The van der Waals surface area contributed by atoms with Gasteiger partial charge in [-0.2, -0.15) is 0 Å². The molecule has 6 nitrogen and oxygen atoms in total. The van der Waals surface area contributed by atoms with Crippen LogP contribution in [0, 0.1) is 0 Å². The Bertz CT molecular complexity index is 919. The first-order chi connectivity index (χ1) is 14.1. The van der Waals surface area contributed by atoms with E-state index in [1.165, 1.54) is 18.2 Å². The molecule has 152 valence electrons. The number of anilines is 1. The number of allylic oxidation sites excluding steroid dienone is 1. The number of rotatable bonds is 8. The zero-order valence-electron chi connectivity index (χ0n) is 16.7. The summed E-state index contributed by atoms with van der Waals surface area (Å²) in [6.45, 7) is 1.25. The maximum absolute atomic E-state index is 12.0. The molecule has 0 spiro atoms. The molecule has 0 aromatic heterocycles. The first-order valence-corrected chi connectivity index (χ1v) is 9.60. The minimum atomic E-state index is -0.631. The summed E-state index contributed by atoms with van der Waals surface area (Å²) < 4.78 is 15.8. The van der Waals surface area contributed by atoms with Crippen molar-refractivity contribution < 1.29 is 23.8 Å². The highest BCUT2D eigenvalue weighted by molar-refractivity contribution is 5.93. The van der Waals surface area contributed by atoms with E-state index in [4.69, 9.17) is 14.2 Å². The molecule has 0 radical (unpaired) electrons. The molecule has 0 atom stereocenters. The zero-order chi connectivity index (χ0) is 20.6. The Kier molecular flexibility index (Phi) is 6.89. The molecule has 0 saturated carbocycles. The number of aryl methyl sites for hydroxylation is 2. The summed E-state index contributed by atoms with van der Waals surface area (Å²) in [4.78, 5) is 24.0. The molecule has 0 aliphatic heterocycles. The van der Waals surface area contributed by atoms with Crippen molar-refractivity contribution >= 4 is 23.6 Å². The van der Waals surface area contributed by atoms with Gasteiger partial charge >= 0.3 is 5.97 Å². The number of carbonyl (C=O) groups excluding carboxylic acids is 2. The van der Waals surface area contributed by atoms with Gasteiger partial charge in [-0.1, -0.05) is 24.3 Å². The van der Waals surface area contributed by atoms with Gasteiger partial charge in [0.05, 0.1) is 7.11 Å². The Morgan fingerprint density at radius 2 is 1.86 bits per heavy atom. The summed E-state index contributed by atoms with van der Waals surface area (Å²) >= 11 is 0. The van der Waals surface area contributed by atoms with Gasteiger partial charge in [0.1, 0.15) is 0 Å². The summed E-state index contributed by atoms with van der Waals surface area (Å²) in [5.74, 6) is -0.0682. The number of hydrogen-bond donors (Lipinski definition) is 1. The van der Waals surface area contributed by atoms with Crippen LogP contribution in [0.4, 0.5) is 5.69 Å². The molecule has 1 N–H and O–H groups in total. The first kappa shape index (κ1) is 20.5. The number of benzene rings is 2. The summed E-state index contributed by atoms with van der Waals surface area (Å²) in [5, 5.41) is 2.75. The second kappa shape index (κ2) is 9.78. The van der Waals surface area contributed by atoms with Gasteiger partial charge in [-0.05, 0) is 67.1 Å². The van der Waals surface area contributed by atoms with Gasteiger partial charge in [0, 0.05) is 5.69 Å². The summed E-state index contributed by atoms with van der Waals surface area (Å²) in [7, 11) is 1.53. The number of ether oxygens (including phenoxy) is 3. The number of fused-ring (bicyclic) bond motifs is 1. The van der Waals surface area contributed by atoms with E-state index in [0.717, 1.165) is 24.8 Å². The molecule has 29 heavy (non-hydrogen) atoms. The van der Waals surface area contributed by atoms with E-state index in [0.29, 0.717) is 17.2 Å². The van der Waals surface area contributed by atoms with Crippen LogP contribution >= 0.6 is 0 Å². The molecule has 2 aromatic carbocycles. The third kappa shape index (κ3) is 5.60. The van der Waals surface area contributed by atoms with E-state index in [-0.39, 0.29) is 19.1 Å².